The van der Waals surface area contributed by atoms with Crippen molar-refractivity contribution in [1.29, 1.82) is 0 Å². The zero-order valence-electron chi connectivity index (χ0n) is 28.3. The molecule has 268 valence electrons. The minimum atomic E-state index is -4.30. The second-order valence-electron chi connectivity index (χ2n) is 11.9. The number of hydrogen-bond donors (Lipinski definition) is 3. The number of nitrogens with zero attached hydrogens (tertiary/aromatic N) is 1. The van der Waals surface area contributed by atoms with Crippen molar-refractivity contribution in [1.82, 2.24) is 10.6 Å². The summed E-state index contributed by atoms with van der Waals surface area (Å²) in [6, 6.07) is 20.0. The molecule has 11 nitrogen and oxygen atoms in total. The van der Waals surface area contributed by atoms with Crippen LogP contribution in [0.4, 0.5) is 11.4 Å². The van der Waals surface area contributed by atoms with Crippen LogP contribution in [0, 0.1) is 5.41 Å². The molecule has 0 saturated carbocycles. The quantitative estimate of drug-likeness (QED) is 0.0813. The Morgan fingerprint density at radius 2 is 1.60 bits per heavy atom. The third kappa shape index (κ3) is 9.68. The molecule has 4 rings (SSSR count). The highest BCUT2D eigenvalue weighted by atomic mass is 32.2. The number of carbonyl (C=O) groups excluding carboxylic acids is 4. The minimum absolute atomic E-state index is 0.213. The molecule has 0 fully saturated rings. The number of amides is 3. The number of thioether (sulfide) groups is 2. The van der Waals surface area contributed by atoms with Crippen molar-refractivity contribution in [3.8, 4) is 5.75 Å². The van der Waals surface area contributed by atoms with Crippen LogP contribution >= 0.6 is 23.5 Å². The Labute approximate surface area is 302 Å². The van der Waals surface area contributed by atoms with Gasteiger partial charge in [0.25, 0.3) is 16.0 Å². The second-order valence-corrected chi connectivity index (χ2v) is 15.3. The molecule has 3 aromatic carbocycles. The van der Waals surface area contributed by atoms with E-state index >= 15 is 0 Å². The Balaban J connectivity index is 1.64. The Bertz CT molecular complexity index is 1760. The normalized spacial score (nSPS) is 14.8. The molecule has 1 heterocycles. The van der Waals surface area contributed by atoms with Crippen LogP contribution < -0.4 is 20.3 Å². The van der Waals surface area contributed by atoms with Crippen LogP contribution in [0.15, 0.2) is 82.6 Å². The molecule has 0 aliphatic carbocycles. The van der Waals surface area contributed by atoms with E-state index in [4.69, 9.17) is 9.29 Å². The van der Waals surface area contributed by atoms with Crippen LogP contribution in [-0.4, -0.2) is 61.0 Å². The summed E-state index contributed by atoms with van der Waals surface area (Å²) in [7, 11) is -4.30. The Morgan fingerprint density at radius 1 is 0.980 bits per heavy atom. The van der Waals surface area contributed by atoms with Gasteiger partial charge in [-0.15, -0.1) is 11.8 Å². The number of unbranched alkanes of at least 4 members (excludes halogenated alkanes) is 2. The van der Waals surface area contributed by atoms with Crippen molar-refractivity contribution in [2.24, 2.45) is 5.41 Å². The van der Waals surface area contributed by atoms with Gasteiger partial charge in [-0.2, -0.15) is 8.42 Å². The molecule has 50 heavy (non-hydrogen) atoms. The maximum atomic E-state index is 14.7. The van der Waals surface area contributed by atoms with Crippen molar-refractivity contribution in [2.45, 2.75) is 68.2 Å². The summed E-state index contributed by atoms with van der Waals surface area (Å²) in [5.74, 6) is -1.90. The van der Waals surface area contributed by atoms with E-state index in [1.165, 1.54) is 11.8 Å². The molecule has 0 saturated heterocycles. The monoisotopic (exact) mass is 741 g/mol. The lowest BCUT2D eigenvalue weighted by Crippen LogP contribution is -2.45. The lowest BCUT2D eigenvalue weighted by Gasteiger charge is -2.34. The predicted octanol–water partition coefficient (Wildman–Crippen LogP) is 6.31. The van der Waals surface area contributed by atoms with Gasteiger partial charge >= 0.3 is 0 Å². The molecule has 1 aliphatic heterocycles. The van der Waals surface area contributed by atoms with Gasteiger partial charge in [-0.3, -0.25) is 28.6 Å². The fourth-order valence-corrected chi connectivity index (χ4v) is 7.71. The summed E-state index contributed by atoms with van der Waals surface area (Å²) in [5.41, 5.74) is 0.449. The lowest BCUT2D eigenvalue weighted by atomic mass is 9.77. The number of carbonyl (C=O) groups is 4. The molecule has 1 atom stereocenters. The van der Waals surface area contributed by atoms with Gasteiger partial charge in [-0.1, -0.05) is 88.1 Å². The fourth-order valence-electron chi connectivity index (χ4n) is 5.70. The van der Waals surface area contributed by atoms with Gasteiger partial charge in [0.2, 0.25) is 16.9 Å². The van der Waals surface area contributed by atoms with Gasteiger partial charge in [-0.05, 0) is 60.7 Å². The van der Waals surface area contributed by atoms with Gasteiger partial charge in [-0.25, -0.2) is 0 Å². The first-order valence-electron chi connectivity index (χ1n) is 16.5. The van der Waals surface area contributed by atoms with Crippen molar-refractivity contribution in [3.05, 3.63) is 78.4 Å². The van der Waals surface area contributed by atoms with E-state index in [9.17, 15) is 27.6 Å². The summed E-state index contributed by atoms with van der Waals surface area (Å²) in [6.07, 6.45) is 5.85. The van der Waals surface area contributed by atoms with E-state index in [1.54, 1.807) is 41.3 Å². The highest BCUT2D eigenvalue weighted by molar-refractivity contribution is 8.14. The maximum Gasteiger partial charge on any atom is 0.266 e. The van der Waals surface area contributed by atoms with Gasteiger partial charge in [0.1, 0.15) is 17.2 Å². The first kappa shape index (κ1) is 38.9. The van der Waals surface area contributed by atoms with Crippen LogP contribution in [0.3, 0.4) is 0 Å². The van der Waals surface area contributed by atoms with E-state index in [2.05, 4.69) is 10.6 Å². The second kappa shape index (κ2) is 17.9. The van der Waals surface area contributed by atoms with Crippen LogP contribution in [0.25, 0.3) is 0 Å². The first-order valence-corrected chi connectivity index (χ1v) is 20.1. The number of anilines is 2. The van der Waals surface area contributed by atoms with Crippen molar-refractivity contribution >= 4 is 67.9 Å². The SMILES string of the molecule is CCCCC1(CCCC)C(=O)Sc2cc(OCC(=O)N[C@@H](C(=O)NCCS(=O)(=O)O)c3ccccc3)c(SC)cc2N(c2ccccc2)C1=O. The molecule has 0 unspecified atom stereocenters. The first-order chi connectivity index (χ1) is 23.9. The van der Waals surface area contributed by atoms with E-state index in [0.717, 1.165) is 37.4 Å². The Hall–Kier alpha value is -3.85. The highest BCUT2D eigenvalue weighted by Gasteiger charge is 2.50. The number of nitrogens with one attached hydrogen (secondary N) is 2. The van der Waals surface area contributed by atoms with Crippen LogP contribution in [0.2, 0.25) is 0 Å². The number of rotatable bonds is 17. The van der Waals surface area contributed by atoms with Gasteiger partial charge in [0.05, 0.1) is 16.3 Å². The Kier molecular flexibility index (Phi) is 13.9. The summed E-state index contributed by atoms with van der Waals surface area (Å²) in [5, 5.41) is 4.86. The molecule has 0 spiro atoms. The summed E-state index contributed by atoms with van der Waals surface area (Å²) >= 11 is 2.38. The van der Waals surface area contributed by atoms with E-state index < -0.39 is 45.7 Å². The molecular weight excluding hydrogens is 699 g/mol. The van der Waals surface area contributed by atoms with E-state index in [1.807, 2.05) is 56.5 Å². The van der Waals surface area contributed by atoms with Gasteiger partial charge in [0.15, 0.2) is 6.61 Å². The topological polar surface area (TPSA) is 159 Å². The number of hydrogen-bond acceptors (Lipinski definition) is 9. The van der Waals surface area contributed by atoms with Crippen LogP contribution in [0.1, 0.15) is 64.0 Å². The van der Waals surface area contributed by atoms with E-state index in [0.29, 0.717) is 45.3 Å². The van der Waals surface area contributed by atoms with Gasteiger partial charge in [0, 0.05) is 17.1 Å². The number of para-hydroxylation sites is 1. The molecule has 0 bridgehead atoms. The third-order valence-corrected chi connectivity index (χ3v) is 10.9. The molecule has 1 aliphatic rings. The van der Waals surface area contributed by atoms with E-state index in [-0.39, 0.29) is 17.6 Å². The van der Waals surface area contributed by atoms with Crippen LogP contribution in [-0.2, 0) is 29.3 Å². The fraction of sp³-hybridized carbons (Fsp3) is 0.389. The zero-order valence-corrected chi connectivity index (χ0v) is 30.8. The average molecular weight is 742 g/mol. The summed E-state index contributed by atoms with van der Waals surface area (Å²) in [6.45, 7) is 3.25. The number of fused-ring (bicyclic) bond motifs is 1. The molecule has 0 aromatic heterocycles. The van der Waals surface area contributed by atoms with Gasteiger partial charge < -0.3 is 15.4 Å². The molecular formula is C36H43N3O8S3. The molecule has 0 radical (unpaired) electrons. The zero-order chi connectivity index (χ0) is 36.3. The lowest BCUT2D eigenvalue weighted by molar-refractivity contribution is -0.136. The predicted molar refractivity (Wildman–Crippen MR) is 196 cm³/mol. The number of benzene rings is 3. The molecule has 3 aromatic rings. The molecule has 14 heteroatoms. The third-order valence-electron chi connectivity index (χ3n) is 8.34. The number of ether oxygens (including phenoxy) is 1. The highest BCUT2D eigenvalue weighted by Crippen LogP contribution is 2.51. The maximum absolute atomic E-state index is 14.7. The molecule has 3 N–H and O–H groups in total. The average Bonchev–Trinajstić information content (AvgIpc) is 3.18. The molecule has 3 amide bonds. The smallest absolute Gasteiger partial charge is 0.266 e. The summed E-state index contributed by atoms with van der Waals surface area (Å²) < 4.78 is 37.3. The van der Waals surface area contributed by atoms with Crippen molar-refractivity contribution in [3.63, 3.8) is 0 Å². The largest absolute Gasteiger partial charge is 0.483 e. The van der Waals surface area contributed by atoms with Crippen LogP contribution in [0.5, 0.6) is 5.75 Å². The standard InChI is InChI=1S/C36H43N3O8S3/c1-4-6-18-36(19-7-5-2)34(42)39(26-16-12-9-13-17-26)27-22-30(48-3)28(23-29(27)49-35(36)43)47-24-31(40)38-32(25-14-10-8-11-15-25)33(41)37-20-21-50(44,45)46/h8-17,22-23,32H,4-7,18-21,24H2,1-3H3,(H,37,41)(H,38,40)(H,44,45,46)/t32-/m1/s1. The Morgan fingerprint density at radius 3 is 2.18 bits per heavy atom. The summed E-state index contributed by atoms with van der Waals surface area (Å²) in [4.78, 5) is 57.9. The van der Waals surface area contributed by atoms with Crippen molar-refractivity contribution < 1.29 is 36.9 Å². The minimum Gasteiger partial charge on any atom is -0.483 e. The van der Waals surface area contributed by atoms with Crippen molar-refractivity contribution in [2.75, 3.05) is 30.1 Å².